The van der Waals surface area contributed by atoms with Crippen LogP contribution in [-0.2, 0) is 6.54 Å². The third-order valence-corrected chi connectivity index (χ3v) is 4.88. The van der Waals surface area contributed by atoms with E-state index < -0.39 is 5.95 Å². The molecule has 9 heteroatoms. The quantitative estimate of drug-likeness (QED) is 0.706. The van der Waals surface area contributed by atoms with Crippen molar-refractivity contribution in [2.75, 3.05) is 22.9 Å². The van der Waals surface area contributed by atoms with Gasteiger partial charge in [0.25, 0.3) is 5.91 Å². The second-order valence-electron chi connectivity index (χ2n) is 6.59. The Morgan fingerprint density at radius 2 is 1.78 bits per heavy atom. The fourth-order valence-electron chi connectivity index (χ4n) is 3.48. The van der Waals surface area contributed by atoms with Crippen LogP contribution in [0.4, 0.5) is 16.0 Å². The molecule has 27 heavy (non-hydrogen) atoms. The number of hydrogen-bond acceptors (Lipinski definition) is 6. The Hall–Kier alpha value is -3.36. The van der Waals surface area contributed by atoms with Crippen LogP contribution < -0.4 is 9.80 Å². The second-order valence-corrected chi connectivity index (χ2v) is 6.59. The fraction of sp³-hybridized carbons (Fsp3) is 0.278. The van der Waals surface area contributed by atoms with Crippen LogP contribution >= 0.6 is 0 Å². The van der Waals surface area contributed by atoms with E-state index >= 15 is 0 Å². The Balaban J connectivity index is 1.38. The highest BCUT2D eigenvalue weighted by atomic mass is 19.1. The molecule has 0 aromatic carbocycles. The molecule has 2 aliphatic heterocycles. The van der Waals surface area contributed by atoms with E-state index in [-0.39, 0.29) is 12.5 Å². The Labute approximate surface area is 154 Å². The van der Waals surface area contributed by atoms with Crippen LogP contribution in [0.15, 0.2) is 36.9 Å². The number of pyridine rings is 1. The van der Waals surface area contributed by atoms with E-state index in [0.717, 1.165) is 30.8 Å². The van der Waals surface area contributed by atoms with E-state index in [9.17, 15) is 9.18 Å². The lowest BCUT2D eigenvalue weighted by Crippen LogP contribution is -2.25. The van der Waals surface area contributed by atoms with Crippen LogP contribution in [0.25, 0.3) is 5.69 Å². The van der Waals surface area contributed by atoms with Crippen LogP contribution in [0.2, 0.25) is 0 Å². The highest BCUT2D eigenvalue weighted by molar-refractivity contribution is 6.09. The average molecular weight is 365 g/mol. The zero-order chi connectivity index (χ0) is 18.4. The predicted molar refractivity (Wildman–Crippen MR) is 95.3 cm³/mol. The molecule has 0 unspecified atom stereocenters. The number of halogens is 1. The maximum absolute atomic E-state index is 12.9. The lowest BCUT2D eigenvalue weighted by atomic mass is 10.3. The molecule has 0 aliphatic carbocycles. The van der Waals surface area contributed by atoms with E-state index in [4.69, 9.17) is 0 Å². The molecule has 3 aromatic heterocycles. The summed E-state index contributed by atoms with van der Waals surface area (Å²) < 4.78 is 14.6. The predicted octanol–water partition coefficient (Wildman–Crippen LogP) is 1.96. The van der Waals surface area contributed by atoms with Crippen molar-refractivity contribution in [2.24, 2.45) is 0 Å². The van der Waals surface area contributed by atoms with E-state index in [1.807, 2.05) is 12.1 Å². The van der Waals surface area contributed by atoms with Crippen molar-refractivity contribution in [3.05, 3.63) is 54.1 Å². The summed E-state index contributed by atoms with van der Waals surface area (Å²) in [4.78, 5) is 28.3. The molecule has 8 nitrogen and oxygen atoms in total. The van der Waals surface area contributed by atoms with Crippen molar-refractivity contribution in [2.45, 2.75) is 19.4 Å². The summed E-state index contributed by atoms with van der Waals surface area (Å²) in [6, 6.07) is 3.94. The zero-order valence-electron chi connectivity index (χ0n) is 14.4. The molecule has 0 saturated carbocycles. The summed E-state index contributed by atoms with van der Waals surface area (Å²) in [6.07, 6.45) is 8.10. The van der Waals surface area contributed by atoms with Crippen LogP contribution in [0.1, 0.15) is 28.9 Å². The molecule has 1 amide bonds. The van der Waals surface area contributed by atoms with Crippen molar-refractivity contribution in [3.8, 4) is 5.69 Å². The first-order chi connectivity index (χ1) is 13.2. The Morgan fingerprint density at radius 3 is 2.44 bits per heavy atom. The first-order valence-electron chi connectivity index (χ1n) is 8.78. The number of carbonyl (C=O) groups is 1. The van der Waals surface area contributed by atoms with Gasteiger partial charge in [-0.15, -0.1) is 0 Å². The lowest BCUT2D eigenvalue weighted by Gasteiger charge is -2.16. The average Bonchev–Trinajstić information content (AvgIpc) is 3.41. The van der Waals surface area contributed by atoms with Gasteiger partial charge in [0.05, 0.1) is 42.1 Å². The first kappa shape index (κ1) is 15.9. The van der Waals surface area contributed by atoms with Gasteiger partial charge in [0.1, 0.15) is 5.82 Å². The summed E-state index contributed by atoms with van der Waals surface area (Å²) in [5, 5.41) is 4.51. The van der Waals surface area contributed by atoms with E-state index in [1.54, 1.807) is 17.1 Å². The maximum Gasteiger partial charge on any atom is 0.263 e. The summed E-state index contributed by atoms with van der Waals surface area (Å²) in [5.74, 6) is 0.368. The molecule has 5 rings (SSSR count). The first-order valence-corrected chi connectivity index (χ1v) is 8.78. The SMILES string of the molecule is O=C1c2cn(-c3ccc(N4CCCC4)nc3)nc2CN1c1cnc(F)cn1. The molecule has 2 aliphatic rings. The van der Waals surface area contributed by atoms with Gasteiger partial charge in [-0.3, -0.25) is 9.69 Å². The van der Waals surface area contributed by atoms with E-state index in [2.05, 4.69) is 25.0 Å². The highest BCUT2D eigenvalue weighted by Crippen LogP contribution is 2.27. The van der Waals surface area contributed by atoms with Crippen molar-refractivity contribution >= 4 is 17.5 Å². The number of carbonyl (C=O) groups excluding carboxylic acids is 1. The Morgan fingerprint density at radius 1 is 0.963 bits per heavy atom. The molecule has 0 radical (unpaired) electrons. The highest BCUT2D eigenvalue weighted by Gasteiger charge is 2.33. The van der Waals surface area contributed by atoms with Gasteiger partial charge in [0.2, 0.25) is 5.95 Å². The standard InChI is InChI=1S/C18H16FN7O/c19-15-8-22-17(9-20-15)25-11-14-13(18(25)27)10-26(23-14)12-3-4-16(21-7-12)24-5-1-2-6-24/h3-4,7-10H,1-2,5-6,11H2. The van der Waals surface area contributed by atoms with Gasteiger partial charge in [0.15, 0.2) is 5.82 Å². The van der Waals surface area contributed by atoms with Gasteiger partial charge in [-0.1, -0.05) is 0 Å². The smallest absolute Gasteiger partial charge is 0.263 e. The molecular weight excluding hydrogens is 349 g/mol. The zero-order valence-corrected chi connectivity index (χ0v) is 14.4. The van der Waals surface area contributed by atoms with Crippen LogP contribution in [0.3, 0.4) is 0 Å². The molecular formula is C18H16FN7O. The lowest BCUT2D eigenvalue weighted by molar-refractivity contribution is 0.0995. The molecule has 0 atom stereocenters. The Kier molecular flexibility index (Phi) is 3.59. The van der Waals surface area contributed by atoms with Gasteiger partial charge in [-0.05, 0) is 25.0 Å². The number of nitrogens with zero attached hydrogens (tertiary/aromatic N) is 7. The van der Waals surface area contributed by atoms with Gasteiger partial charge in [0, 0.05) is 19.3 Å². The Bertz CT molecular complexity index is 994. The molecule has 1 fully saturated rings. The number of aromatic nitrogens is 5. The molecule has 3 aromatic rings. The third-order valence-electron chi connectivity index (χ3n) is 4.88. The number of fused-ring (bicyclic) bond motifs is 1. The second kappa shape index (κ2) is 6.11. The minimum absolute atomic E-state index is 0.223. The summed E-state index contributed by atoms with van der Waals surface area (Å²) in [7, 11) is 0. The molecule has 0 bridgehead atoms. The normalized spacial score (nSPS) is 16.3. The topological polar surface area (TPSA) is 80.0 Å². The van der Waals surface area contributed by atoms with Crippen molar-refractivity contribution in [1.82, 2.24) is 24.7 Å². The van der Waals surface area contributed by atoms with E-state index in [1.165, 1.54) is 23.9 Å². The van der Waals surface area contributed by atoms with Crippen LogP contribution in [-0.4, -0.2) is 43.7 Å². The monoisotopic (exact) mass is 365 g/mol. The number of amides is 1. The molecule has 0 N–H and O–H groups in total. The maximum atomic E-state index is 12.9. The number of anilines is 2. The van der Waals surface area contributed by atoms with Gasteiger partial charge in [-0.2, -0.15) is 9.49 Å². The molecule has 136 valence electrons. The van der Waals surface area contributed by atoms with Gasteiger partial charge in [-0.25, -0.2) is 19.6 Å². The van der Waals surface area contributed by atoms with Crippen molar-refractivity contribution in [1.29, 1.82) is 0 Å². The van der Waals surface area contributed by atoms with Crippen LogP contribution in [0, 0.1) is 5.95 Å². The summed E-state index contributed by atoms with van der Waals surface area (Å²) in [6.45, 7) is 2.36. The van der Waals surface area contributed by atoms with Crippen molar-refractivity contribution < 1.29 is 9.18 Å². The minimum atomic E-state index is -0.682. The number of hydrogen-bond donors (Lipinski definition) is 0. The summed E-state index contributed by atoms with van der Waals surface area (Å²) in [5.41, 5.74) is 1.95. The molecule has 5 heterocycles. The van der Waals surface area contributed by atoms with E-state index in [0.29, 0.717) is 17.1 Å². The number of rotatable bonds is 3. The summed E-state index contributed by atoms with van der Waals surface area (Å²) >= 11 is 0. The van der Waals surface area contributed by atoms with Gasteiger partial charge >= 0.3 is 0 Å². The molecule has 0 spiro atoms. The van der Waals surface area contributed by atoms with Gasteiger partial charge < -0.3 is 4.90 Å². The van der Waals surface area contributed by atoms with Crippen LogP contribution in [0.5, 0.6) is 0 Å². The fourth-order valence-corrected chi connectivity index (χ4v) is 3.48. The minimum Gasteiger partial charge on any atom is -0.357 e. The third kappa shape index (κ3) is 2.71. The molecule has 1 saturated heterocycles. The van der Waals surface area contributed by atoms with Crippen molar-refractivity contribution in [3.63, 3.8) is 0 Å². The largest absolute Gasteiger partial charge is 0.357 e.